The number of halogens is 3. The average molecular weight is 411 g/mol. The van der Waals surface area contributed by atoms with E-state index in [4.69, 9.17) is 9.47 Å². The first-order valence-corrected chi connectivity index (χ1v) is 9.76. The van der Waals surface area contributed by atoms with Crippen molar-refractivity contribution in [1.82, 2.24) is 14.8 Å². The van der Waals surface area contributed by atoms with Crippen molar-refractivity contribution >= 4 is 9.84 Å². The van der Waals surface area contributed by atoms with Gasteiger partial charge in [-0.3, -0.25) is 0 Å². The molecule has 4 rings (SSSR count). The Morgan fingerprint density at radius 3 is 2.46 bits per heavy atom. The quantitative estimate of drug-likeness (QED) is 0.659. The minimum absolute atomic E-state index is 0.0281. The fourth-order valence-corrected chi connectivity index (χ4v) is 3.23. The van der Waals surface area contributed by atoms with Gasteiger partial charge >= 0.3 is 6.18 Å². The largest absolute Gasteiger partial charge is 0.454 e. The molecule has 0 bridgehead atoms. The van der Waals surface area contributed by atoms with Crippen LogP contribution in [-0.2, 0) is 16.0 Å². The van der Waals surface area contributed by atoms with E-state index in [0.717, 1.165) is 23.2 Å². The van der Waals surface area contributed by atoms with Crippen LogP contribution in [0.4, 0.5) is 13.2 Å². The number of sulfone groups is 1. The van der Waals surface area contributed by atoms with Crippen LogP contribution < -0.4 is 9.47 Å². The second kappa shape index (κ2) is 6.23. The summed E-state index contributed by atoms with van der Waals surface area (Å²) >= 11 is 0. The van der Waals surface area contributed by atoms with Gasteiger partial charge in [0.2, 0.25) is 6.79 Å². The number of hydrogen-bond donors (Lipinski definition) is 0. The van der Waals surface area contributed by atoms with Crippen molar-refractivity contribution in [3.05, 3.63) is 48.3 Å². The molecule has 0 aliphatic carbocycles. The van der Waals surface area contributed by atoms with Crippen LogP contribution in [-0.4, -0.2) is 36.2 Å². The first kappa shape index (κ1) is 18.3. The molecule has 0 radical (unpaired) electrons. The number of pyridine rings is 1. The fraction of sp³-hybridized carbons (Fsp3) is 0.176. The van der Waals surface area contributed by atoms with Crippen LogP contribution >= 0.6 is 0 Å². The van der Waals surface area contributed by atoms with Crippen molar-refractivity contribution in [2.45, 2.75) is 11.1 Å². The van der Waals surface area contributed by atoms with Crippen LogP contribution in [0.25, 0.3) is 17.1 Å². The highest BCUT2D eigenvalue weighted by atomic mass is 32.2. The van der Waals surface area contributed by atoms with Crippen LogP contribution in [0.3, 0.4) is 0 Å². The lowest BCUT2D eigenvalue weighted by Gasteiger charge is -2.08. The average Bonchev–Trinajstić information content (AvgIpc) is 3.27. The predicted octanol–water partition coefficient (Wildman–Crippen LogP) is 3.09. The number of benzene rings is 1. The summed E-state index contributed by atoms with van der Waals surface area (Å²) < 4.78 is 74.3. The number of fused-ring (bicyclic) bond motifs is 1. The Morgan fingerprint density at radius 2 is 1.82 bits per heavy atom. The number of ether oxygens (including phenoxy) is 2. The van der Waals surface area contributed by atoms with Gasteiger partial charge < -0.3 is 9.47 Å². The second-order valence-electron chi connectivity index (χ2n) is 6.02. The van der Waals surface area contributed by atoms with Gasteiger partial charge in [-0.15, -0.1) is 0 Å². The third-order valence-corrected chi connectivity index (χ3v) is 5.13. The van der Waals surface area contributed by atoms with Gasteiger partial charge in [0.15, 0.2) is 32.8 Å². The highest BCUT2D eigenvalue weighted by Crippen LogP contribution is 2.38. The first-order chi connectivity index (χ1) is 13.1. The Labute approximate surface area is 157 Å². The topological polar surface area (TPSA) is 83.3 Å². The predicted molar refractivity (Wildman–Crippen MR) is 91.0 cm³/mol. The summed E-state index contributed by atoms with van der Waals surface area (Å²) in [7, 11) is -3.49. The van der Waals surface area contributed by atoms with E-state index in [1.807, 2.05) is 0 Å². The lowest BCUT2D eigenvalue weighted by atomic mass is 10.1. The zero-order chi connectivity index (χ0) is 20.1. The van der Waals surface area contributed by atoms with Crippen molar-refractivity contribution in [3.63, 3.8) is 0 Å². The Balaban J connectivity index is 1.86. The second-order valence-corrected chi connectivity index (χ2v) is 8.03. The molecule has 1 aromatic carbocycles. The normalized spacial score (nSPS) is 13.7. The van der Waals surface area contributed by atoms with Gasteiger partial charge in [-0.1, -0.05) is 0 Å². The standard InChI is InChI=1S/C17H12F3N3O4S/c1-28(24,25)11-3-5-16(21-8-11)23-12(7-15(22-23)17(18,19)20)10-2-4-13-14(6-10)27-9-26-13/h2-8H,9H2,1H3. The highest BCUT2D eigenvalue weighted by molar-refractivity contribution is 7.90. The summed E-state index contributed by atoms with van der Waals surface area (Å²) in [5.74, 6) is 0.927. The molecule has 28 heavy (non-hydrogen) atoms. The molecule has 7 nitrogen and oxygen atoms in total. The SMILES string of the molecule is CS(=O)(=O)c1ccc(-n2nc(C(F)(F)F)cc2-c2ccc3c(c2)OCO3)nc1. The molecule has 0 spiro atoms. The van der Waals surface area contributed by atoms with Crippen molar-refractivity contribution in [2.24, 2.45) is 0 Å². The Bertz CT molecular complexity index is 1160. The molecule has 1 aliphatic heterocycles. The minimum atomic E-state index is -4.66. The zero-order valence-corrected chi connectivity index (χ0v) is 15.1. The van der Waals surface area contributed by atoms with E-state index in [-0.39, 0.29) is 23.2 Å². The summed E-state index contributed by atoms with van der Waals surface area (Å²) in [6.45, 7) is 0.0281. The van der Waals surface area contributed by atoms with E-state index in [0.29, 0.717) is 17.1 Å². The number of aromatic nitrogens is 3. The maximum atomic E-state index is 13.2. The van der Waals surface area contributed by atoms with Gasteiger partial charge in [-0.25, -0.2) is 18.1 Å². The molecule has 3 aromatic rings. The molecule has 0 N–H and O–H groups in total. The van der Waals surface area contributed by atoms with Gasteiger partial charge in [0, 0.05) is 18.0 Å². The van der Waals surface area contributed by atoms with Crippen LogP contribution in [0, 0.1) is 0 Å². The van der Waals surface area contributed by atoms with Gasteiger partial charge in [-0.05, 0) is 36.4 Å². The first-order valence-electron chi connectivity index (χ1n) is 7.87. The van der Waals surface area contributed by atoms with Gasteiger partial charge in [0.1, 0.15) is 0 Å². The third kappa shape index (κ3) is 3.28. The maximum Gasteiger partial charge on any atom is 0.435 e. The van der Waals surface area contributed by atoms with E-state index in [1.165, 1.54) is 12.1 Å². The maximum absolute atomic E-state index is 13.2. The zero-order valence-electron chi connectivity index (χ0n) is 14.3. The molecule has 3 heterocycles. The summed E-state index contributed by atoms with van der Waals surface area (Å²) in [6, 6.07) is 8.15. The van der Waals surface area contributed by atoms with Crippen molar-refractivity contribution < 1.29 is 31.1 Å². The summed E-state index contributed by atoms with van der Waals surface area (Å²) in [5, 5.41) is 3.62. The van der Waals surface area contributed by atoms with E-state index in [1.54, 1.807) is 18.2 Å². The Morgan fingerprint density at radius 1 is 1.07 bits per heavy atom. The van der Waals surface area contributed by atoms with E-state index < -0.39 is 21.7 Å². The Hall–Kier alpha value is -3.08. The highest BCUT2D eigenvalue weighted by Gasteiger charge is 2.35. The molecule has 2 aromatic heterocycles. The van der Waals surface area contributed by atoms with Crippen LogP contribution in [0.15, 0.2) is 47.5 Å². The summed E-state index contributed by atoms with van der Waals surface area (Å²) in [4.78, 5) is 3.92. The van der Waals surface area contributed by atoms with Crippen LogP contribution in [0.2, 0.25) is 0 Å². The summed E-state index contributed by atoms with van der Waals surface area (Å²) in [5.41, 5.74) is -0.583. The molecule has 0 amide bonds. The van der Waals surface area contributed by atoms with Crippen LogP contribution in [0.5, 0.6) is 11.5 Å². The molecular weight excluding hydrogens is 399 g/mol. The minimum Gasteiger partial charge on any atom is -0.454 e. The molecule has 0 saturated carbocycles. The summed E-state index contributed by atoms with van der Waals surface area (Å²) in [6.07, 6.45) is -2.58. The molecule has 0 fully saturated rings. The molecule has 0 unspecified atom stereocenters. The van der Waals surface area contributed by atoms with Crippen LogP contribution in [0.1, 0.15) is 5.69 Å². The molecule has 0 saturated heterocycles. The smallest absolute Gasteiger partial charge is 0.435 e. The molecular formula is C17H12F3N3O4S. The molecule has 1 aliphatic rings. The monoisotopic (exact) mass is 411 g/mol. The lowest BCUT2D eigenvalue weighted by Crippen LogP contribution is -2.08. The number of nitrogens with zero attached hydrogens (tertiary/aromatic N) is 3. The van der Waals surface area contributed by atoms with Gasteiger partial charge in [0.25, 0.3) is 0 Å². The fourth-order valence-electron chi connectivity index (χ4n) is 2.67. The number of rotatable bonds is 3. The van der Waals surface area contributed by atoms with Crippen molar-refractivity contribution in [2.75, 3.05) is 13.0 Å². The molecule has 0 atom stereocenters. The number of hydrogen-bond acceptors (Lipinski definition) is 6. The number of alkyl halides is 3. The molecule has 11 heteroatoms. The van der Waals surface area contributed by atoms with E-state index in [9.17, 15) is 21.6 Å². The lowest BCUT2D eigenvalue weighted by molar-refractivity contribution is -0.141. The van der Waals surface area contributed by atoms with Gasteiger partial charge in [-0.2, -0.15) is 18.3 Å². The van der Waals surface area contributed by atoms with Gasteiger partial charge in [0.05, 0.1) is 10.6 Å². The molecule has 146 valence electrons. The van der Waals surface area contributed by atoms with E-state index in [2.05, 4.69) is 10.1 Å². The Kier molecular flexibility index (Phi) is 4.07. The van der Waals surface area contributed by atoms with E-state index >= 15 is 0 Å². The third-order valence-electron chi connectivity index (χ3n) is 4.03. The van der Waals surface area contributed by atoms with Crippen molar-refractivity contribution in [1.29, 1.82) is 0 Å². The van der Waals surface area contributed by atoms with Crippen molar-refractivity contribution in [3.8, 4) is 28.6 Å².